The van der Waals surface area contributed by atoms with Gasteiger partial charge < -0.3 is 10.2 Å². The van der Waals surface area contributed by atoms with E-state index in [1.807, 2.05) is 12.3 Å². The monoisotopic (exact) mass is 267 g/mol. The zero-order valence-electron chi connectivity index (χ0n) is 11.2. The molecule has 0 bridgehead atoms. The van der Waals surface area contributed by atoms with Gasteiger partial charge in [0.2, 0.25) is 0 Å². The number of anilines is 1. The average molecular weight is 268 g/mol. The number of pyridine rings is 1. The lowest BCUT2D eigenvalue weighted by atomic mass is 10.1. The lowest BCUT2D eigenvalue weighted by molar-refractivity contribution is 0.572. The van der Waals surface area contributed by atoms with Crippen LogP contribution in [0.5, 0.6) is 0 Å². The third kappa shape index (κ3) is 3.59. The molecule has 1 N–H and O–H groups in total. The van der Waals surface area contributed by atoms with Gasteiger partial charge in [0.1, 0.15) is 5.82 Å². The zero-order chi connectivity index (χ0) is 13.0. The number of piperidine rings is 1. The van der Waals surface area contributed by atoms with Crippen molar-refractivity contribution in [3.05, 3.63) is 22.8 Å². The molecule has 1 aromatic rings. The van der Waals surface area contributed by atoms with Gasteiger partial charge in [0.15, 0.2) is 0 Å². The summed E-state index contributed by atoms with van der Waals surface area (Å²) in [5.74, 6) is 0.949. The Morgan fingerprint density at radius 2 is 2.06 bits per heavy atom. The van der Waals surface area contributed by atoms with Gasteiger partial charge in [0.05, 0.1) is 5.02 Å². The van der Waals surface area contributed by atoms with Crippen LogP contribution in [0.3, 0.4) is 0 Å². The van der Waals surface area contributed by atoms with Crippen molar-refractivity contribution in [2.24, 2.45) is 0 Å². The summed E-state index contributed by atoms with van der Waals surface area (Å²) in [6, 6.07) is 2.51. The highest BCUT2D eigenvalue weighted by Crippen LogP contribution is 2.26. The van der Waals surface area contributed by atoms with Crippen LogP contribution in [0.15, 0.2) is 12.3 Å². The predicted octanol–water partition coefficient (Wildman–Crippen LogP) is 3.22. The molecule has 100 valence electrons. The van der Waals surface area contributed by atoms with Gasteiger partial charge in [0, 0.05) is 31.9 Å². The van der Waals surface area contributed by atoms with Gasteiger partial charge in [-0.2, -0.15) is 0 Å². The van der Waals surface area contributed by atoms with Crippen LogP contribution in [-0.2, 0) is 6.54 Å². The van der Waals surface area contributed by atoms with Crippen LogP contribution in [0.2, 0.25) is 5.02 Å². The molecule has 18 heavy (non-hydrogen) atoms. The van der Waals surface area contributed by atoms with E-state index in [4.69, 9.17) is 11.6 Å². The van der Waals surface area contributed by atoms with Gasteiger partial charge >= 0.3 is 0 Å². The van der Waals surface area contributed by atoms with Crippen molar-refractivity contribution in [2.75, 3.05) is 18.0 Å². The number of hydrogen-bond acceptors (Lipinski definition) is 3. The summed E-state index contributed by atoms with van der Waals surface area (Å²) in [4.78, 5) is 6.83. The van der Waals surface area contributed by atoms with E-state index < -0.39 is 0 Å². The van der Waals surface area contributed by atoms with Crippen molar-refractivity contribution >= 4 is 17.4 Å². The normalized spacial score (nSPS) is 16.3. The summed E-state index contributed by atoms with van der Waals surface area (Å²) in [5, 5.41) is 4.15. The Labute approximate surface area is 115 Å². The van der Waals surface area contributed by atoms with Crippen molar-refractivity contribution in [3.8, 4) is 0 Å². The highest BCUT2D eigenvalue weighted by Gasteiger charge is 2.15. The Kier molecular flexibility index (Phi) is 4.84. The second kappa shape index (κ2) is 6.39. The fraction of sp³-hybridized carbons (Fsp3) is 0.643. The second-order valence-corrected chi connectivity index (χ2v) is 5.64. The smallest absolute Gasteiger partial charge is 0.147 e. The number of nitrogens with one attached hydrogen (secondary N) is 1. The summed E-state index contributed by atoms with van der Waals surface area (Å²) in [6.45, 7) is 7.26. The van der Waals surface area contributed by atoms with Crippen LogP contribution in [-0.4, -0.2) is 24.1 Å². The Balaban J connectivity index is 2.04. The maximum absolute atomic E-state index is 6.35. The van der Waals surface area contributed by atoms with E-state index >= 15 is 0 Å². The minimum Gasteiger partial charge on any atom is -0.355 e. The molecule has 1 fully saturated rings. The van der Waals surface area contributed by atoms with Gasteiger partial charge in [-0.15, -0.1) is 0 Å². The van der Waals surface area contributed by atoms with Crippen molar-refractivity contribution in [1.29, 1.82) is 0 Å². The molecule has 0 radical (unpaired) electrons. The zero-order valence-corrected chi connectivity index (χ0v) is 12.0. The lowest BCUT2D eigenvalue weighted by Gasteiger charge is -2.28. The molecule has 3 nitrogen and oxygen atoms in total. The maximum Gasteiger partial charge on any atom is 0.147 e. The largest absolute Gasteiger partial charge is 0.355 e. The van der Waals surface area contributed by atoms with Gasteiger partial charge in [-0.25, -0.2) is 4.98 Å². The highest BCUT2D eigenvalue weighted by atomic mass is 35.5. The Bertz CT molecular complexity index is 387. The molecule has 1 aliphatic heterocycles. The molecule has 0 aromatic carbocycles. The van der Waals surface area contributed by atoms with E-state index in [2.05, 4.69) is 29.0 Å². The van der Waals surface area contributed by atoms with E-state index in [9.17, 15) is 0 Å². The third-order valence-corrected chi connectivity index (χ3v) is 3.53. The highest BCUT2D eigenvalue weighted by molar-refractivity contribution is 6.33. The fourth-order valence-corrected chi connectivity index (χ4v) is 2.54. The van der Waals surface area contributed by atoms with Gasteiger partial charge in [0.25, 0.3) is 0 Å². The first kappa shape index (κ1) is 13.6. The van der Waals surface area contributed by atoms with Crippen LogP contribution in [0, 0.1) is 0 Å². The van der Waals surface area contributed by atoms with Crippen LogP contribution in [0.1, 0.15) is 38.7 Å². The Hall–Kier alpha value is -0.800. The molecule has 1 aromatic heterocycles. The topological polar surface area (TPSA) is 28.2 Å². The van der Waals surface area contributed by atoms with Crippen LogP contribution >= 0.6 is 11.6 Å². The minimum absolute atomic E-state index is 0.477. The number of halogens is 1. The van der Waals surface area contributed by atoms with E-state index in [1.165, 1.54) is 19.3 Å². The molecule has 1 saturated heterocycles. The lowest BCUT2D eigenvalue weighted by Crippen LogP contribution is -2.30. The molecule has 0 unspecified atom stereocenters. The number of nitrogens with zero attached hydrogens (tertiary/aromatic N) is 2. The number of rotatable bonds is 4. The first-order valence-electron chi connectivity index (χ1n) is 6.79. The summed E-state index contributed by atoms with van der Waals surface area (Å²) in [5.41, 5.74) is 1.15. The SMILES string of the molecule is CC(C)NCc1cnc(N2CCCCC2)c(Cl)c1. The molecular formula is C14H22ClN3. The number of aromatic nitrogens is 1. The summed E-state index contributed by atoms with van der Waals surface area (Å²) < 4.78 is 0. The minimum atomic E-state index is 0.477. The molecule has 0 aliphatic carbocycles. The number of hydrogen-bond donors (Lipinski definition) is 1. The van der Waals surface area contributed by atoms with Crippen LogP contribution in [0.25, 0.3) is 0 Å². The predicted molar refractivity (Wildman–Crippen MR) is 77.3 cm³/mol. The van der Waals surface area contributed by atoms with E-state index in [0.717, 1.165) is 36.0 Å². The van der Waals surface area contributed by atoms with Crippen molar-refractivity contribution in [3.63, 3.8) is 0 Å². The van der Waals surface area contributed by atoms with E-state index in [-0.39, 0.29) is 0 Å². The third-order valence-electron chi connectivity index (χ3n) is 3.25. The Morgan fingerprint density at radius 3 is 2.67 bits per heavy atom. The van der Waals surface area contributed by atoms with Gasteiger partial charge in [-0.1, -0.05) is 25.4 Å². The Morgan fingerprint density at radius 1 is 1.33 bits per heavy atom. The molecular weight excluding hydrogens is 246 g/mol. The first-order valence-corrected chi connectivity index (χ1v) is 7.17. The maximum atomic E-state index is 6.35. The average Bonchev–Trinajstić information content (AvgIpc) is 2.37. The molecule has 2 heterocycles. The molecule has 0 spiro atoms. The molecule has 0 atom stereocenters. The second-order valence-electron chi connectivity index (χ2n) is 5.23. The van der Waals surface area contributed by atoms with Crippen molar-refractivity contribution < 1.29 is 0 Å². The van der Waals surface area contributed by atoms with Crippen LogP contribution in [0.4, 0.5) is 5.82 Å². The van der Waals surface area contributed by atoms with Gasteiger partial charge in [-0.3, -0.25) is 0 Å². The van der Waals surface area contributed by atoms with E-state index in [0.29, 0.717) is 6.04 Å². The first-order chi connectivity index (χ1) is 8.66. The summed E-state index contributed by atoms with van der Waals surface area (Å²) in [6.07, 6.45) is 5.75. The van der Waals surface area contributed by atoms with Crippen molar-refractivity contribution in [1.82, 2.24) is 10.3 Å². The molecule has 0 amide bonds. The van der Waals surface area contributed by atoms with E-state index in [1.54, 1.807) is 0 Å². The molecule has 4 heteroatoms. The summed E-state index contributed by atoms with van der Waals surface area (Å²) in [7, 11) is 0. The van der Waals surface area contributed by atoms with Crippen molar-refractivity contribution in [2.45, 2.75) is 45.7 Å². The molecule has 1 aliphatic rings. The standard InChI is InChI=1S/C14H22ClN3/c1-11(2)16-9-12-8-13(15)14(17-10-12)18-6-4-3-5-7-18/h8,10-11,16H,3-7,9H2,1-2H3. The molecule has 2 rings (SSSR count). The van der Waals surface area contributed by atoms with Gasteiger partial charge in [-0.05, 0) is 30.9 Å². The summed E-state index contributed by atoms with van der Waals surface area (Å²) >= 11 is 6.35. The fourth-order valence-electron chi connectivity index (χ4n) is 2.23. The van der Waals surface area contributed by atoms with Crippen LogP contribution < -0.4 is 10.2 Å². The molecule has 0 saturated carbocycles. The quantitative estimate of drug-likeness (QED) is 0.908.